The minimum atomic E-state index is 0.147. The fraction of sp³-hybridized carbons (Fsp3) is 0.500. The number of rotatable bonds is 9. The second kappa shape index (κ2) is 8.50. The molecule has 0 bridgehead atoms. The summed E-state index contributed by atoms with van der Waals surface area (Å²) in [6.45, 7) is 15.6. The maximum atomic E-state index is 11.8. The number of anilines is 2. The quantitative estimate of drug-likeness (QED) is 0.644. The van der Waals surface area contributed by atoms with Crippen LogP contribution in [0, 0.1) is 0 Å². The number of hydrogen-bond acceptors (Lipinski definition) is 3. The van der Waals surface area contributed by atoms with Crippen molar-refractivity contribution in [3.8, 4) is 0 Å². The second-order valence-electron chi connectivity index (χ2n) is 5.19. The molecule has 0 radical (unpaired) electrons. The zero-order chi connectivity index (χ0) is 15.8. The van der Waals surface area contributed by atoms with Crippen molar-refractivity contribution in [2.24, 2.45) is 0 Å². The van der Waals surface area contributed by atoms with Crippen molar-refractivity contribution in [1.82, 2.24) is 0 Å². The van der Waals surface area contributed by atoms with Crippen molar-refractivity contribution in [2.45, 2.75) is 34.1 Å². The third-order valence-electron chi connectivity index (χ3n) is 3.79. The molecule has 3 nitrogen and oxygen atoms in total. The molecule has 0 atom stereocenters. The van der Waals surface area contributed by atoms with Crippen LogP contribution < -0.4 is 9.80 Å². The van der Waals surface area contributed by atoms with E-state index in [1.807, 2.05) is 0 Å². The number of benzene rings is 1. The summed E-state index contributed by atoms with van der Waals surface area (Å²) in [6.07, 6.45) is 0.524. The molecule has 1 aromatic rings. The first-order valence-electron chi connectivity index (χ1n) is 7.82. The van der Waals surface area contributed by atoms with Gasteiger partial charge in [-0.15, -0.1) is 0 Å². The number of carbonyl (C=O) groups excluding carboxylic acids is 1. The highest BCUT2D eigenvalue weighted by Gasteiger charge is 2.14. The van der Waals surface area contributed by atoms with Crippen molar-refractivity contribution in [3.05, 3.63) is 36.4 Å². The van der Waals surface area contributed by atoms with Gasteiger partial charge in [0.25, 0.3) is 0 Å². The first kappa shape index (κ1) is 17.3. The Hall–Kier alpha value is -1.77. The fourth-order valence-electron chi connectivity index (χ4n) is 2.46. The van der Waals surface area contributed by atoms with Gasteiger partial charge >= 0.3 is 0 Å². The third-order valence-corrected chi connectivity index (χ3v) is 3.79. The van der Waals surface area contributed by atoms with Crippen LogP contribution >= 0.6 is 0 Å². The van der Waals surface area contributed by atoms with E-state index in [-0.39, 0.29) is 5.78 Å². The molecule has 116 valence electrons. The van der Waals surface area contributed by atoms with E-state index in [9.17, 15) is 4.79 Å². The fourth-order valence-corrected chi connectivity index (χ4v) is 2.46. The summed E-state index contributed by atoms with van der Waals surface area (Å²) >= 11 is 0. The maximum absolute atomic E-state index is 11.8. The van der Waals surface area contributed by atoms with E-state index in [1.54, 1.807) is 6.92 Å². The minimum Gasteiger partial charge on any atom is -0.370 e. The molecule has 0 aliphatic heterocycles. The van der Waals surface area contributed by atoms with Crippen LogP contribution in [0.15, 0.2) is 36.4 Å². The summed E-state index contributed by atoms with van der Waals surface area (Å²) in [4.78, 5) is 16.4. The Labute approximate surface area is 129 Å². The van der Waals surface area contributed by atoms with E-state index in [0.29, 0.717) is 12.0 Å². The van der Waals surface area contributed by atoms with Crippen LogP contribution in [0.5, 0.6) is 0 Å². The lowest BCUT2D eigenvalue weighted by Gasteiger charge is -2.30. The number of ketones is 1. The Morgan fingerprint density at radius 1 is 1.00 bits per heavy atom. The van der Waals surface area contributed by atoms with Crippen LogP contribution in [-0.4, -0.2) is 32.0 Å². The monoisotopic (exact) mass is 288 g/mol. The van der Waals surface area contributed by atoms with Crippen LogP contribution in [0.1, 0.15) is 34.1 Å². The van der Waals surface area contributed by atoms with Gasteiger partial charge < -0.3 is 9.80 Å². The van der Waals surface area contributed by atoms with Gasteiger partial charge in [-0.05, 0) is 45.4 Å². The van der Waals surface area contributed by atoms with Gasteiger partial charge in [0.2, 0.25) is 0 Å². The normalized spacial score (nSPS) is 10.3. The number of carbonyl (C=O) groups is 1. The molecule has 1 aromatic carbocycles. The molecule has 0 heterocycles. The summed E-state index contributed by atoms with van der Waals surface area (Å²) in [7, 11) is 0. The standard InChI is InChI=1S/C18H28N2O/c1-6-19(7-2)16-11-9-10-12-17(16)20(8-3)14-13-18(21)15(4)5/h9-12H,4,6-8,13-14H2,1-3,5H3. The van der Waals surface area contributed by atoms with Crippen molar-refractivity contribution >= 4 is 17.2 Å². The maximum Gasteiger partial charge on any atom is 0.159 e. The average molecular weight is 288 g/mol. The molecule has 0 aliphatic rings. The zero-order valence-corrected chi connectivity index (χ0v) is 13.9. The van der Waals surface area contributed by atoms with Gasteiger partial charge in [-0.2, -0.15) is 0 Å². The number of allylic oxidation sites excluding steroid dienone is 1. The van der Waals surface area contributed by atoms with E-state index in [0.717, 1.165) is 26.2 Å². The number of nitrogens with zero attached hydrogens (tertiary/aromatic N) is 2. The summed E-state index contributed by atoms with van der Waals surface area (Å²) in [6, 6.07) is 8.43. The van der Waals surface area contributed by atoms with Crippen molar-refractivity contribution in [3.63, 3.8) is 0 Å². The number of Topliss-reactive ketones (excluding diaryl/α,β-unsaturated/α-hetero) is 1. The minimum absolute atomic E-state index is 0.147. The Kier molecular flexibility index (Phi) is 7.00. The highest BCUT2D eigenvalue weighted by atomic mass is 16.1. The van der Waals surface area contributed by atoms with Crippen LogP contribution in [0.4, 0.5) is 11.4 Å². The molecule has 0 spiro atoms. The lowest BCUT2D eigenvalue weighted by Crippen LogP contribution is -2.30. The largest absolute Gasteiger partial charge is 0.370 e. The van der Waals surface area contributed by atoms with E-state index in [2.05, 4.69) is 61.4 Å². The number of hydrogen-bond donors (Lipinski definition) is 0. The molecule has 0 aliphatic carbocycles. The van der Waals surface area contributed by atoms with Crippen LogP contribution in [0.3, 0.4) is 0 Å². The highest BCUT2D eigenvalue weighted by molar-refractivity contribution is 5.94. The molecule has 3 heteroatoms. The van der Waals surface area contributed by atoms with Crippen LogP contribution in [-0.2, 0) is 4.79 Å². The molecule has 0 saturated carbocycles. The van der Waals surface area contributed by atoms with Gasteiger partial charge in [-0.1, -0.05) is 18.7 Å². The lowest BCUT2D eigenvalue weighted by molar-refractivity contribution is -0.115. The highest BCUT2D eigenvalue weighted by Crippen LogP contribution is 2.29. The predicted molar refractivity (Wildman–Crippen MR) is 92.3 cm³/mol. The summed E-state index contributed by atoms with van der Waals surface area (Å²) in [5, 5.41) is 0. The Balaban J connectivity index is 2.95. The molecule has 0 amide bonds. The molecule has 0 N–H and O–H groups in total. The molecule has 0 aromatic heterocycles. The van der Waals surface area contributed by atoms with Gasteiger partial charge in [-0.3, -0.25) is 4.79 Å². The van der Waals surface area contributed by atoms with E-state index in [1.165, 1.54) is 11.4 Å². The van der Waals surface area contributed by atoms with E-state index in [4.69, 9.17) is 0 Å². The van der Waals surface area contributed by atoms with Crippen LogP contribution in [0.2, 0.25) is 0 Å². The molecule has 0 unspecified atom stereocenters. The van der Waals surface area contributed by atoms with E-state index >= 15 is 0 Å². The summed E-state index contributed by atoms with van der Waals surface area (Å²) in [5.41, 5.74) is 3.09. The Bertz CT molecular complexity index is 478. The molecular weight excluding hydrogens is 260 g/mol. The van der Waals surface area contributed by atoms with Crippen molar-refractivity contribution in [1.29, 1.82) is 0 Å². The number of para-hydroxylation sites is 2. The zero-order valence-electron chi connectivity index (χ0n) is 13.9. The SMILES string of the molecule is C=C(C)C(=O)CCN(CC)c1ccccc1N(CC)CC. The Morgan fingerprint density at radius 3 is 1.90 bits per heavy atom. The third kappa shape index (κ3) is 4.62. The van der Waals surface area contributed by atoms with Gasteiger partial charge in [0.15, 0.2) is 5.78 Å². The average Bonchev–Trinajstić information content (AvgIpc) is 2.50. The van der Waals surface area contributed by atoms with Crippen molar-refractivity contribution < 1.29 is 4.79 Å². The topological polar surface area (TPSA) is 23.6 Å². The first-order valence-corrected chi connectivity index (χ1v) is 7.82. The van der Waals surface area contributed by atoms with Crippen LogP contribution in [0.25, 0.3) is 0 Å². The van der Waals surface area contributed by atoms with Gasteiger partial charge in [0.1, 0.15) is 0 Å². The first-order chi connectivity index (χ1) is 10.0. The summed E-state index contributed by atoms with van der Waals surface area (Å²) < 4.78 is 0. The smallest absolute Gasteiger partial charge is 0.159 e. The second-order valence-corrected chi connectivity index (χ2v) is 5.19. The Morgan fingerprint density at radius 2 is 1.48 bits per heavy atom. The lowest BCUT2D eigenvalue weighted by atomic mass is 10.1. The molecule has 21 heavy (non-hydrogen) atoms. The van der Waals surface area contributed by atoms with Gasteiger partial charge in [-0.25, -0.2) is 0 Å². The van der Waals surface area contributed by atoms with E-state index < -0.39 is 0 Å². The predicted octanol–water partition coefficient (Wildman–Crippen LogP) is 3.89. The molecule has 1 rings (SSSR count). The van der Waals surface area contributed by atoms with Crippen molar-refractivity contribution in [2.75, 3.05) is 36.0 Å². The molecule has 0 fully saturated rings. The van der Waals surface area contributed by atoms with Gasteiger partial charge in [0.05, 0.1) is 11.4 Å². The molecular formula is C18H28N2O. The van der Waals surface area contributed by atoms with Gasteiger partial charge in [0, 0.05) is 32.6 Å². The molecule has 0 saturated heterocycles. The summed E-state index contributed by atoms with van der Waals surface area (Å²) in [5.74, 6) is 0.147.